The summed E-state index contributed by atoms with van der Waals surface area (Å²) < 4.78 is 12.2. The van der Waals surface area contributed by atoms with Crippen LogP contribution in [0.3, 0.4) is 0 Å². The van der Waals surface area contributed by atoms with Gasteiger partial charge in [-0.05, 0) is 83.8 Å². The molecule has 0 aliphatic heterocycles. The normalized spacial score (nSPS) is 12.8. The van der Waals surface area contributed by atoms with Crippen LogP contribution in [0, 0.1) is 0 Å². The second-order valence-corrected chi connectivity index (χ2v) is 11.5. The van der Waals surface area contributed by atoms with Crippen molar-refractivity contribution in [2.75, 3.05) is 6.61 Å². The second-order valence-electron chi connectivity index (χ2n) is 10.4. The van der Waals surface area contributed by atoms with Gasteiger partial charge in [0.25, 0.3) is 5.91 Å². The molecule has 1 heterocycles. The fourth-order valence-electron chi connectivity index (χ4n) is 5.44. The van der Waals surface area contributed by atoms with Crippen LogP contribution >= 0.6 is 11.3 Å². The predicted molar refractivity (Wildman–Crippen MR) is 172 cm³/mol. The highest BCUT2D eigenvalue weighted by molar-refractivity contribution is 7.16. The van der Waals surface area contributed by atoms with Gasteiger partial charge in [-0.15, -0.1) is 11.3 Å². The molecular formula is C36H34N2O3S. The largest absolute Gasteiger partial charge is 0.490 e. The average Bonchev–Trinajstić information content (AvgIpc) is 3.41. The highest BCUT2D eigenvalue weighted by atomic mass is 32.1. The Hall–Kier alpha value is -4.42. The van der Waals surface area contributed by atoms with Crippen molar-refractivity contribution >= 4 is 39.2 Å². The van der Waals surface area contributed by atoms with Gasteiger partial charge >= 0.3 is 0 Å². The zero-order valence-corrected chi connectivity index (χ0v) is 24.6. The molecule has 0 spiro atoms. The summed E-state index contributed by atoms with van der Waals surface area (Å²) in [7, 11) is 0. The van der Waals surface area contributed by atoms with E-state index in [1.165, 1.54) is 15.6 Å². The Kier molecular flexibility index (Phi) is 8.61. The van der Waals surface area contributed by atoms with Crippen LogP contribution in [0.2, 0.25) is 0 Å². The van der Waals surface area contributed by atoms with Crippen molar-refractivity contribution in [2.24, 2.45) is 4.99 Å². The number of rotatable bonds is 10. The lowest BCUT2D eigenvalue weighted by molar-refractivity contribution is 0.0951. The number of fused-ring (bicyclic) bond motifs is 2. The van der Waals surface area contributed by atoms with Crippen LogP contribution in [0.4, 0.5) is 5.00 Å². The molecule has 6 rings (SSSR count). The number of amides is 1. The molecule has 0 saturated heterocycles. The molecule has 0 atom stereocenters. The topological polar surface area (TPSA) is 59.9 Å². The SMILES string of the molecule is CCOc1cc(C=Nc2sc3c(c2C(=O)NCc2ccccc2)CCCC3)ccc1OCc1cccc2ccccc12. The number of hydrogen-bond acceptors (Lipinski definition) is 5. The van der Waals surface area contributed by atoms with Gasteiger partial charge in [0.1, 0.15) is 11.6 Å². The minimum Gasteiger partial charge on any atom is -0.490 e. The first-order chi connectivity index (χ1) is 20.7. The van der Waals surface area contributed by atoms with Crippen molar-refractivity contribution in [1.29, 1.82) is 0 Å². The lowest BCUT2D eigenvalue weighted by Gasteiger charge is -2.14. The number of aryl methyl sites for hydroxylation is 1. The zero-order chi connectivity index (χ0) is 28.7. The van der Waals surface area contributed by atoms with E-state index in [2.05, 4.69) is 35.6 Å². The van der Waals surface area contributed by atoms with Crippen molar-refractivity contribution in [3.05, 3.63) is 124 Å². The highest BCUT2D eigenvalue weighted by Gasteiger charge is 2.25. The van der Waals surface area contributed by atoms with Crippen LogP contribution in [-0.2, 0) is 26.0 Å². The number of hydrogen-bond donors (Lipinski definition) is 1. The van der Waals surface area contributed by atoms with Gasteiger partial charge in [0.2, 0.25) is 0 Å². The molecule has 0 unspecified atom stereocenters. The lowest BCUT2D eigenvalue weighted by atomic mass is 9.95. The summed E-state index contributed by atoms with van der Waals surface area (Å²) in [4.78, 5) is 19.6. The van der Waals surface area contributed by atoms with E-state index in [-0.39, 0.29) is 5.91 Å². The summed E-state index contributed by atoms with van der Waals surface area (Å²) in [5, 5.41) is 6.26. The molecule has 212 valence electrons. The summed E-state index contributed by atoms with van der Waals surface area (Å²) in [5.41, 5.74) is 4.98. The first kappa shape index (κ1) is 27.7. The summed E-state index contributed by atoms with van der Waals surface area (Å²) in [6, 6.07) is 30.5. The van der Waals surface area contributed by atoms with Gasteiger partial charge in [-0.1, -0.05) is 72.8 Å². The van der Waals surface area contributed by atoms with Crippen molar-refractivity contribution in [3.63, 3.8) is 0 Å². The molecule has 0 radical (unpaired) electrons. The van der Waals surface area contributed by atoms with Gasteiger partial charge in [-0.2, -0.15) is 0 Å². The molecule has 5 nitrogen and oxygen atoms in total. The van der Waals surface area contributed by atoms with Gasteiger partial charge in [0.15, 0.2) is 11.5 Å². The van der Waals surface area contributed by atoms with Gasteiger partial charge in [-0.3, -0.25) is 4.79 Å². The molecule has 42 heavy (non-hydrogen) atoms. The third-order valence-electron chi connectivity index (χ3n) is 7.54. The minimum atomic E-state index is -0.0578. The van der Waals surface area contributed by atoms with Crippen molar-refractivity contribution in [1.82, 2.24) is 5.32 Å². The third kappa shape index (κ3) is 6.24. The van der Waals surface area contributed by atoms with Crippen molar-refractivity contribution in [2.45, 2.75) is 45.8 Å². The lowest BCUT2D eigenvalue weighted by Crippen LogP contribution is -2.24. The number of benzene rings is 4. The van der Waals surface area contributed by atoms with E-state index in [0.29, 0.717) is 31.3 Å². The first-order valence-corrected chi connectivity index (χ1v) is 15.4. The Balaban J connectivity index is 1.22. The number of aliphatic imine (C=N–C) groups is 1. The zero-order valence-electron chi connectivity index (χ0n) is 23.8. The van der Waals surface area contributed by atoms with Crippen LogP contribution in [-0.4, -0.2) is 18.7 Å². The van der Waals surface area contributed by atoms with E-state index in [4.69, 9.17) is 14.5 Å². The highest BCUT2D eigenvalue weighted by Crippen LogP contribution is 2.40. The van der Waals surface area contributed by atoms with Gasteiger partial charge in [0, 0.05) is 17.6 Å². The second kappa shape index (κ2) is 13.0. The first-order valence-electron chi connectivity index (χ1n) is 14.6. The molecule has 1 N–H and O–H groups in total. The molecule has 1 amide bonds. The molecule has 6 heteroatoms. The average molecular weight is 575 g/mol. The van der Waals surface area contributed by atoms with Crippen LogP contribution < -0.4 is 14.8 Å². The molecule has 0 fully saturated rings. The Labute approximate surface area is 250 Å². The smallest absolute Gasteiger partial charge is 0.254 e. The number of thiophene rings is 1. The Morgan fingerprint density at radius 1 is 0.905 bits per heavy atom. The van der Waals surface area contributed by atoms with E-state index >= 15 is 0 Å². The van der Waals surface area contributed by atoms with E-state index < -0.39 is 0 Å². The maximum Gasteiger partial charge on any atom is 0.254 e. The Morgan fingerprint density at radius 3 is 2.60 bits per heavy atom. The molecular weight excluding hydrogens is 540 g/mol. The van der Waals surface area contributed by atoms with E-state index in [1.807, 2.05) is 73.8 Å². The molecule has 0 saturated carbocycles. The van der Waals surface area contributed by atoms with E-state index in [1.54, 1.807) is 11.3 Å². The summed E-state index contributed by atoms with van der Waals surface area (Å²) in [5.74, 6) is 1.31. The predicted octanol–water partition coefficient (Wildman–Crippen LogP) is 8.44. The maximum atomic E-state index is 13.4. The summed E-state index contributed by atoms with van der Waals surface area (Å²) in [6.07, 6.45) is 6.00. The van der Waals surface area contributed by atoms with Crippen LogP contribution in [0.25, 0.3) is 10.8 Å². The Morgan fingerprint density at radius 2 is 1.71 bits per heavy atom. The summed E-state index contributed by atoms with van der Waals surface area (Å²) in [6.45, 7) is 3.42. The van der Waals surface area contributed by atoms with Crippen molar-refractivity contribution in [3.8, 4) is 11.5 Å². The van der Waals surface area contributed by atoms with Gasteiger partial charge < -0.3 is 14.8 Å². The quantitative estimate of drug-likeness (QED) is 0.170. The third-order valence-corrected chi connectivity index (χ3v) is 8.74. The van der Waals surface area contributed by atoms with E-state index in [9.17, 15) is 4.79 Å². The van der Waals surface area contributed by atoms with Gasteiger partial charge in [-0.25, -0.2) is 4.99 Å². The standard InChI is InChI=1S/C36H34N2O3S/c1-2-40-32-21-26(19-20-31(32)41-24-28-15-10-14-27-13-6-7-16-29(27)28)23-38-36-34(30-17-8-9-18-33(30)42-36)35(39)37-22-25-11-4-3-5-12-25/h3-7,10-16,19-21,23H,2,8-9,17-18,22,24H2,1H3,(H,37,39). The molecule has 1 aliphatic rings. The fourth-order valence-corrected chi connectivity index (χ4v) is 6.67. The molecule has 1 aromatic heterocycles. The molecule has 0 bridgehead atoms. The molecule has 1 aliphatic carbocycles. The monoisotopic (exact) mass is 574 g/mol. The molecule has 4 aromatic carbocycles. The van der Waals surface area contributed by atoms with E-state index in [0.717, 1.165) is 58.5 Å². The summed E-state index contributed by atoms with van der Waals surface area (Å²) >= 11 is 1.64. The number of nitrogens with one attached hydrogen (secondary N) is 1. The maximum absolute atomic E-state index is 13.4. The van der Waals surface area contributed by atoms with Crippen LogP contribution in [0.5, 0.6) is 11.5 Å². The fraction of sp³-hybridized carbons (Fsp3) is 0.222. The number of nitrogens with zero attached hydrogens (tertiary/aromatic N) is 1. The number of ether oxygens (including phenoxy) is 2. The Bertz CT molecular complexity index is 1720. The van der Waals surface area contributed by atoms with Crippen LogP contribution in [0.1, 0.15) is 57.3 Å². The van der Waals surface area contributed by atoms with Crippen LogP contribution in [0.15, 0.2) is 96.0 Å². The number of carbonyl (C=O) groups excluding carboxylic acids is 1. The molecule has 5 aromatic rings. The van der Waals surface area contributed by atoms with Gasteiger partial charge in [0.05, 0.1) is 12.2 Å². The van der Waals surface area contributed by atoms with Crippen molar-refractivity contribution < 1.29 is 14.3 Å². The number of carbonyl (C=O) groups is 1. The minimum absolute atomic E-state index is 0.0578.